The maximum atomic E-state index is 13.5. The fourth-order valence-corrected chi connectivity index (χ4v) is 5.31. The Hall–Kier alpha value is -2.36. The fourth-order valence-electron chi connectivity index (χ4n) is 3.41. The molecule has 2 atom stereocenters. The predicted octanol–water partition coefficient (Wildman–Crippen LogP) is 4.54. The molecular formula is C25H34N2O5S2. The van der Waals surface area contributed by atoms with Gasteiger partial charge in [-0.15, -0.1) is 23.1 Å². The van der Waals surface area contributed by atoms with E-state index in [1.54, 1.807) is 19.3 Å². The molecule has 186 valence electrons. The van der Waals surface area contributed by atoms with Crippen molar-refractivity contribution in [2.75, 3.05) is 5.75 Å². The highest BCUT2D eigenvalue weighted by molar-refractivity contribution is 8.01. The van der Waals surface area contributed by atoms with E-state index in [-0.39, 0.29) is 36.5 Å². The van der Waals surface area contributed by atoms with Gasteiger partial charge in [-0.05, 0) is 43.2 Å². The Labute approximate surface area is 209 Å². The number of carbonyl (C=O) groups excluding carboxylic acids is 3. The lowest BCUT2D eigenvalue weighted by Gasteiger charge is -2.36. The lowest BCUT2D eigenvalue weighted by molar-refractivity contribution is -0.162. The van der Waals surface area contributed by atoms with Crippen molar-refractivity contribution in [1.82, 2.24) is 10.4 Å². The zero-order valence-electron chi connectivity index (χ0n) is 20.1. The van der Waals surface area contributed by atoms with Gasteiger partial charge in [0.1, 0.15) is 12.1 Å². The van der Waals surface area contributed by atoms with Crippen LogP contribution in [0.25, 0.3) is 0 Å². The average molecular weight is 507 g/mol. The molecule has 0 saturated heterocycles. The number of hydroxylamine groups is 1. The number of esters is 1. The third-order valence-corrected chi connectivity index (χ3v) is 7.29. The summed E-state index contributed by atoms with van der Waals surface area (Å²) in [6, 6.07) is 11.1. The van der Waals surface area contributed by atoms with Crippen LogP contribution in [-0.4, -0.2) is 51.8 Å². The van der Waals surface area contributed by atoms with Crippen molar-refractivity contribution >= 4 is 40.9 Å². The third-order valence-electron chi connectivity index (χ3n) is 5.08. The molecule has 34 heavy (non-hydrogen) atoms. The Bertz CT molecular complexity index is 903. The van der Waals surface area contributed by atoms with Gasteiger partial charge >= 0.3 is 5.97 Å². The highest BCUT2D eigenvalue weighted by Crippen LogP contribution is 2.27. The first-order valence-electron chi connectivity index (χ1n) is 11.4. The van der Waals surface area contributed by atoms with Gasteiger partial charge in [0.15, 0.2) is 0 Å². The molecule has 2 aromatic rings. The lowest BCUT2D eigenvalue weighted by Crippen LogP contribution is -2.58. The van der Waals surface area contributed by atoms with Crippen molar-refractivity contribution < 1.29 is 24.3 Å². The molecule has 2 amide bonds. The Morgan fingerprint density at radius 1 is 1.06 bits per heavy atom. The van der Waals surface area contributed by atoms with Crippen LogP contribution in [0.3, 0.4) is 0 Å². The molecule has 0 saturated carbocycles. The van der Waals surface area contributed by atoms with Crippen LogP contribution in [-0.2, 0) is 25.5 Å². The minimum absolute atomic E-state index is 0.177. The molecule has 0 unspecified atom stereocenters. The number of nitrogens with one attached hydrogen (secondary N) is 1. The average Bonchev–Trinajstić information content (AvgIpc) is 3.32. The van der Waals surface area contributed by atoms with Crippen LogP contribution in [0.5, 0.6) is 0 Å². The molecule has 2 rings (SSSR count). The van der Waals surface area contributed by atoms with Gasteiger partial charge in [0.25, 0.3) is 5.91 Å². The zero-order chi connectivity index (χ0) is 25.1. The van der Waals surface area contributed by atoms with Crippen LogP contribution in [0.15, 0.2) is 52.1 Å². The number of nitrogens with zero attached hydrogens (tertiary/aromatic N) is 1. The quantitative estimate of drug-likeness (QED) is 0.179. The van der Waals surface area contributed by atoms with Gasteiger partial charge in [0.2, 0.25) is 5.91 Å². The van der Waals surface area contributed by atoms with E-state index >= 15 is 0 Å². The van der Waals surface area contributed by atoms with E-state index in [9.17, 15) is 19.6 Å². The van der Waals surface area contributed by atoms with Crippen LogP contribution in [0, 0.1) is 5.92 Å². The smallest absolute Gasteiger partial charge is 0.329 e. The van der Waals surface area contributed by atoms with Crippen molar-refractivity contribution in [3.63, 3.8) is 0 Å². The Balaban J connectivity index is 2.47. The van der Waals surface area contributed by atoms with Gasteiger partial charge < -0.3 is 9.64 Å². The molecule has 2 N–H and O–H groups in total. The second-order valence-corrected chi connectivity index (χ2v) is 10.9. The number of ether oxygens (including phenoxy) is 1. The van der Waals surface area contributed by atoms with Crippen LogP contribution < -0.4 is 5.48 Å². The van der Waals surface area contributed by atoms with Crippen LogP contribution in [0.1, 0.15) is 46.1 Å². The first kappa shape index (κ1) is 27.9. The maximum Gasteiger partial charge on any atom is 0.329 e. The monoisotopic (exact) mass is 506 g/mol. The molecule has 0 aliphatic heterocycles. The molecule has 9 heteroatoms. The van der Waals surface area contributed by atoms with Gasteiger partial charge in [-0.3, -0.25) is 14.8 Å². The predicted molar refractivity (Wildman–Crippen MR) is 135 cm³/mol. The third kappa shape index (κ3) is 8.77. The second-order valence-electron chi connectivity index (χ2n) is 8.66. The summed E-state index contributed by atoms with van der Waals surface area (Å²) in [7, 11) is 0. The molecule has 1 aromatic carbocycles. The minimum atomic E-state index is -1.06. The molecule has 0 bridgehead atoms. The Kier molecular flexibility index (Phi) is 11.6. The summed E-state index contributed by atoms with van der Waals surface area (Å²) in [4.78, 5) is 41.0. The standard InChI is InChI=1S/C25H34N2O5S2/c1-17(2)12-13-22(28)27(21(24(29)26-31)16-34-23-11-8-14-33-23)20(25(30)32-18(3)4)15-19-9-6-5-7-10-19/h5-11,14,17-18,20-21,31H,12-13,15-16H2,1-4H3,(H,26,29)/t20-,21+/m0/s1. The molecule has 7 nitrogen and oxygen atoms in total. The summed E-state index contributed by atoms with van der Waals surface area (Å²) < 4.78 is 6.49. The van der Waals surface area contributed by atoms with Crippen LogP contribution in [0.4, 0.5) is 0 Å². The molecule has 0 aliphatic carbocycles. The Morgan fingerprint density at radius 2 is 1.76 bits per heavy atom. The van der Waals surface area contributed by atoms with Crippen LogP contribution in [0.2, 0.25) is 0 Å². The van der Waals surface area contributed by atoms with E-state index in [2.05, 4.69) is 0 Å². The van der Waals surface area contributed by atoms with Crippen LogP contribution >= 0.6 is 23.1 Å². The van der Waals surface area contributed by atoms with E-state index in [1.165, 1.54) is 28.0 Å². The molecular weight excluding hydrogens is 472 g/mol. The summed E-state index contributed by atoms with van der Waals surface area (Å²) in [5.74, 6) is -1.19. The first-order valence-corrected chi connectivity index (χ1v) is 13.2. The minimum Gasteiger partial charge on any atom is -0.461 e. The zero-order valence-corrected chi connectivity index (χ0v) is 21.7. The molecule has 0 aliphatic rings. The first-order chi connectivity index (χ1) is 16.2. The van der Waals surface area contributed by atoms with Gasteiger partial charge in [0, 0.05) is 18.6 Å². The summed E-state index contributed by atoms with van der Waals surface area (Å²) in [6.07, 6.45) is 0.595. The van der Waals surface area contributed by atoms with E-state index in [0.717, 1.165) is 9.77 Å². The second kappa shape index (κ2) is 14.1. The number of amides is 2. The maximum absolute atomic E-state index is 13.5. The highest BCUT2D eigenvalue weighted by Gasteiger charge is 2.39. The van der Waals surface area contributed by atoms with Crippen molar-refractivity contribution in [1.29, 1.82) is 0 Å². The normalized spacial score (nSPS) is 12.9. The summed E-state index contributed by atoms with van der Waals surface area (Å²) >= 11 is 2.92. The summed E-state index contributed by atoms with van der Waals surface area (Å²) in [6.45, 7) is 7.51. The van der Waals surface area contributed by atoms with Crippen molar-refractivity contribution in [3.05, 3.63) is 53.4 Å². The largest absolute Gasteiger partial charge is 0.461 e. The SMILES string of the molecule is CC(C)CCC(=O)N([C@H](CSc1cccs1)C(=O)NO)[C@@H](Cc1ccccc1)C(=O)OC(C)C. The molecule has 0 spiro atoms. The molecule has 1 aromatic heterocycles. The number of rotatable bonds is 13. The van der Waals surface area contributed by atoms with Gasteiger partial charge in [0.05, 0.1) is 10.3 Å². The number of thiophene rings is 1. The number of hydrogen-bond acceptors (Lipinski definition) is 7. The molecule has 0 fully saturated rings. The van der Waals surface area contributed by atoms with E-state index in [1.807, 2.05) is 61.7 Å². The van der Waals surface area contributed by atoms with Crippen molar-refractivity contribution in [3.8, 4) is 0 Å². The van der Waals surface area contributed by atoms with Crippen molar-refractivity contribution in [2.24, 2.45) is 5.92 Å². The lowest BCUT2D eigenvalue weighted by atomic mass is 10.0. The van der Waals surface area contributed by atoms with E-state index < -0.39 is 24.0 Å². The summed E-state index contributed by atoms with van der Waals surface area (Å²) in [5, 5.41) is 11.4. The highest BCUT2D eigenvalue weighted by atomic mass is 32.2. The fraction of sp³-hybridized carbons (Fsp3) is 0.480. The number of carbonyl (C=O) groups is 3. The van der Waals surface area contributed by atoms with Crippen molar-refractivity contribution in [2.45, 2.75) is 69.4 Å². The number of hydrogen-bond donors (Lipinski definition) is 2. The van der Waals surface area contributed by atoms with Gasteiger partial charge in [-0.25, -0.2) is 10.3 Å². The topological polar surface area (TPSA) is 95.9 Å². The van der Waals surface area contributed by atoms with Gasteiger partial charge in [-0.2, -0.15) is 0 Å². The Morgan fingerprint density at radius 3 is 2.32 bits per heavy atom. The molecule has 0 radical (unpaired) electrons. The number of thioether (sulfide) groups is 1. The van der Waals surface area contributed by atoms with E-state index in [0.29, 0.717) is 6.42 Å². The molecule has 1 heterocycles. The van der Waals surface area contributed by atoms with E-state index in [4.69, 9.17) is 4.74 Å². The number of benzene rings is 1. The summed E-state index contributed by atoms with van der Waals surface area (Å²) in [5.41, 5.74) is 2.54. The van der Waals surface area contributed by atoms with Gasteiger partial charge in [-0.1, -0.05) is 50.2 Å².